The zero-order valence-corrected chi connectivity index (χ0v) is 12.6. The van der Waals surface area contributed by atoms with Crippen molar-refractivity contribution in [3.8, 4) is 0 Å². The molecule has 2 heterocycles. The van der Waals surface area contributed by atoms with Crippen LogP contribution in [0.25, 0.3) is 0 Å². The number of hydrogen-bond donors (Lipinski definition) is 1. The maximum absolute atomic E-state index is 12.4. The van der Waals surface area contributed by atoms with Gasteiger partial charge in [0.15, 0.2) is 9.84 Å². The number of nitrogens with one attached hydrogen (secondary N) is 1. The fourth-order valence-corrected chi connectivity index (χ4v) is 5.10. The molecule has 2 aliphatic rings. The molecule has 0 spiro atoms. The summed E-state index contributed by atoms with van der Waals surface area (Å²) in [6, 6.07) is -0.384. The molecule has 1 amide bonds. The molecule has 0 aromatic heterocycles. The Balaban J connectivity index is 2.04. The molecule has 2 fully saturated rings. The number of nitrogens with zero attached hydrogens (tertiary/aromatic N) is 1. The van der Waals surface area contributed by atoms with Crippen molar-refractivity contribution in [1.29, 1.82) is 0 Å². The highest BCUT2D eigenvalue weighted by Gasteiger charge is 2.37. The summed E-state index contributed by atoms with van der Waals surface area (Å²) in [6.07, 6.45) is 0.539. The summed E-state index contributed by atoms with van der Waals surface area (Å²) in [6.45, 7) is 0.889. The monoisotopic (exact) mass is 308 g/mol. The van der Waals surface area contributed by atoms with Crippen LogP contribution >= 0.6 is 11.8 Å². The molecule has 2 unspecified atom stereocenters. The molecular formula is C11H20N2O4S2. The minimum absolute atomic E-state index is 0.00384. The third kappa shape index (κ3) is 3.84. The molecular weight excluding hydrogens is 288 g/mol. The molecule has 8 heteroatoms. The van der Waals surface area contributed by atoms with Gasteiger partial charge in [0.2, 0.25) is 5.91 Å². The van der Waals surface area contributed by atoms with Gasteiger partial charge in [-0.15, -0.1) is 11.8 Å². The van der Waals surface area contributed by atoms with Gasteiger partial charge < -0.3 is 9.64 Å². The van der Waals surface area contributed by atoms with Crippen LogP contribution in [0, 0.1) is 0 Å². The van der Waals surface area contributed by atoms with Gasteiger partial charge in [-0.3, -0.25) is 10.1 Å². The van der Waals surface area contributed by atoms with E-state index in [2.05, 4.69) is 5.32 Å². The van der Waals surface area contributed by atoms with Crippen molar-refractivity contribution in [2.75, 3.05) is 43.4 Å². The van der Waals surface area contributed by atoms with Crippen LogP contribution in [0.15, 0.2) is 0 Å². The van der Waals surface area contributed by atoms with Crippen LogP contribution in [-0.2, 0) is 19.4 Å². The van der Waals surface area contributed by atoms with Crippen LogP contribution in [0.4, 0.5) is 0 Å². The van der Waals surface area contributed by atoms with E-state index < -0.39 is 9.84 Å². The average molecular weight is 308 g/mol. The smallest absolute Gasteiger partial charge is 0.240 e. The summed E-state index contributed by atoms with van der Waals surface area (Å²) >= 11 is 1.69. The Morgan fingerprint density at radius 1 is 1.53 bits per heavy atom. The van der Waals surface area contributed by atoms with Crippen molar-refractivity contribution in [1.82, 2.24) is 10.2 Å². The summed E-state index contributed by atoms with van der Waals surface area (Å²) in [5, 5.41) is 3.14. The molecule has 0 saturated carbocycles. The quantitative estimate of drug-likeness (QED) is 0.725. The Hall–Kier alpha value is -0.310. The van der Waals surface area contributed by atoms with Crippen molar-refractivity contribution < 1.29 is 17.9 Å². The van der Waals surface area contributed by atoms with Crippen LogP contribution < -0.4 is 5.32 Å². The van der Waals surface area contributed by atoms with Crippen molar-refractivity contribution in [3.63, 3.8) is 0 Å². The van der Waals surface area contributed by atoms with Crippen molar-refractivity contribution in [3.05, 3.63) is 0 Å². The molecule has 2 aliphatic heterocycles. The van der Waals surface area contributed by atoms with Crippen molar-refractivity contribution in [2.24, 2.45) is 0 Å². The number of methoxy groups -OCH3 is 1. The van der Waals surface area contributed by atoms with Gasteiger partial charge in [-0.25, -0.2) is 8.42 Å². The van der Waals surface area contributed by atoms with E-state index in [1.807, 2.05) is 0 Å². The van der Waals surface area contributed by atoms with E-state index in [-0.39, 0.29) is 29.5 Å². The Labute approximate surface area is 118 Å². The van der Waals surface area contributed by atoms with Crippen molar-refractivity contribution >= 4 is 27.5 Å². The van der Waals surface area contributed by atoms with Crippen LogP contribution in [0.1, 0.15) is 6.42 Å². The number of thioether (sulfide) groups is 1. The number of ether oxygens (including phenoxy) is 1. The number of rotatable bonds is 5. The predicted octanol–water partition coefficient (Wildman–Crippen LogP) is -0.689. The van der Waals surface area contributed by atoms with Gasteiger partial charge in [-0.1, -0.05) is 0 Å². The normalized spacial score (nSPS) is 29.5. The second-order valence-electron chi connectivity index (χ2n) is 4.85. The molecule has 2 saturated heterocycles. The standard InChI is InChI=1S/C11H20N2O4S2/c1-17-4-3-13(9-2-5-19(15,16)7-9)11(14)10-6-18-8-12-10/h9-10,12H,2-8H2,1H3. The van der Waals surface area contributed by atoms with E-state index in [4.69, 9.17) is 4.74 Å². The lowest BCUT2D eigenvalue weighted by molar-refractivity contribution is -0.135. The highest BCUT2D eigenvalue weighted by molar-refractivity contribution is 7.99. The third-order valence-corrected chi connectivity index (χ3v) is 6.17. The molecule has 19 heavy (non-hydrogen) atoms. The molecule has 2 atom stereocenters. The fraction of sp³-hybridized carbons (Fsp3) is 0.909. The Kier molecular flexibility index (Phi) is 5.10. The molecule has 0 aromatic carbocycles. The maximum atomic E-state index is 12.4. The first kappa shape index (κ1) is 15.1. The molecule has 0 aliphatic carbocycles. The van der Waals surface area contributed by atoms with Gasteiger partial charge in [-0.2, -0.15) is 0 Å². The largest absolute Gasteiger partial charge is 0.383 e. The van der Waals surface area contributed by atoms with E-state index in [9.17, 15) is 13.2 Å². The first-order chi connectivity index (χ1) is 9.03. The number of carbonyl (C=O) groups is 1. The highest BCUT2D eigenvalue weighted by atomic mass is 32.2. The first-order valence-electron chi connectivity index (χ1n) is 6.34. The number of sulfone groups is 1. The van der Waals surface area contributed by atoms with E-state index in [1.54, 1.807) is 23.8 Å². The summed E-state index contributed by atoms with van der Waals surface area (Å²) in [5.41, 5.74) is 0. The molecule has 6 nitrogen and oxygen atoms in total. The van der Waals surface area contributed by atoms with E-state index in [0.29, 0.717) is 19.6 Å². The Morgan fingerprint density at radius 2 is 2.32 bits per heavy atom. The number of hydrogen-bond acceptors (Lipinski definition) is 6. The zero-order valence-electron chi connectivity index (χ0n) is 11.0. The topological polar surface area (TPSA) is 75.7 Å². The van der Waals surface area contributed by atoms with Gasteiger partial charge in [0.25, 0.3) is 0 Å². The summed E-state index contributed by atoms with van der Waals surface area (Å²) in [4.78, 5) is 14.1. The van der Waals surface area contributed by atoms with E-state index in [0.717, 1.165) is 11.6 Å². The van der Waals surface area contributed by atoms with Crippen molar-refractivity contribution in [2.45, 2.75) is 18.5 Å². The fourth-order valence-electron chi connectivity index (χ4n) is 2.44. The van der Waals surface area contributed by atoms with Crippen LogP contribution in [0.3, 0.4) is 0 Å². The molecule has 0 radical (unpaired) electrons. The second-order valence-corrected chi connectivity index (χ2v) is 8.11. The molecule has 110 valence electrons. The van der Waals surface area contributed by atoms with Crippen LogP contribution in [0.5, 0.6) is 0 Å². The first-order valence-corrected chi connectivity index (χ1v) is 9.32. The number of carbonyl (C=O) groups excluding carboxylic acids is 1. The summed E-state index contributed by atoms with van der Waals surface area (Å²) in [5.74, 6) is 1.80. The summed E-state index contributed by atoms with van der Waals surface area (Å²) in [7, 11) is -1.40. The lowest BCUT2D eigenvalue weighted by Crippen LogP contribution is -2.51. The third-order valence-electron chi connectivity index (χ3n) is 3.48. The van der Waals surface area contributed by atoms with Gasteiger partial charge in [-0.05, 0) is 6.42 Å². The minimum atomic E-state index is -2.98. The van der Waals surface area contributed by atoms with Crippen LogP contribution in [-0.4, -0.2) is 74.7 Å². The molecule has 1 N–H and O–H groups in total. The Morgan fingerprint density at radius 3 is 2.84 bits per heavy atom. The lowest BCUT2D eigenvalue weighted by Gasteiger charge is -2.30. The van der Waals surface area contributed by atoms with Gasteiger partial charge >= 0.3 is 0 Å². The van der Waals surface area contributed by atoms with Crippen LogP contribution in [0.2, 0.25) is 0 Å². The van der Waals surface area contributed by atoms with Gasteiger partial charge in [0.1, 0.15) is 0 Å². The van der Waals surface area contributed by atoms with Gasteiger partial charge in [0.05, 0.1) is 24.2 Å². The van der Waals surface area contributed by atoms with E-state index in [1.165, 1.54) is 0 Å². The average Bonchev–Trinajstić information content (AvgIpc) is 2.99. The predicted molar refractivity (Wildman–Crippen MR) is 74.9 cm³/mol. The van der Waals surface area contributed by atoms with Gasteiger partial charge in [0, 0.05) is 31.3 Å². The summed E-state index contributed by atoms with van der Waals surface area (Å²) < 4.78 is 28.2. The molecule has 0 bridgehead atoms. The SMILES string of the molecule is COCCN(C(=O)C1CSCN1)C1CCS(=O)(=O)C1. The maximum Gasteiger partial charge on any atom is 0.240 e. The molecule has 0 aromatic rings. The van der Waals surface area contributed by atoms with E-state index >= 15 is 0 Å². The molecule has 2 rings (SSSR count). The Bertz CT molecular complexity index is 420. The zero-order chi connectivity index (χ0) is 13.9. The lowest BCUT2D eigenvalue weighted by atomic mass is 10.2. The highest BCUT2D eigenvalue weighted by Crippen LogP contribution is 2.20. The minimum Gasteiger partial charge on any atom is -0.383 e. The second kappa shape index (κ2) is 6.43. The number of amides is 1.